The second-order valence-electron chi connectivity index (χ2n) is 3.63. The van der Waals surface area contributed by atoms with Crippen LogP contribution in [0.4, 0.5) is 8.78 Å². The van der Waals surface area contributed by atoms with Crippen LogP contribution in [0.1, 0.15) is 18.1 Å². The van der Waals surface area contributed by atoms with Crippen LogP contribution in [-0.2, 0) is 5.54 Å². The quantitative estimate of drug-likeness (QED) is 0.760. The van der Waals surface area contributed by atoms with Crippen LogP contribution in [0, 0.1) is 18.6 Å². The fourth-order valence-corrected chi connectivity index (χ4v) is 1.26. The summed E-state index contributed by atoms with van der Waals surface area (Å²) in [6.45, 7) is 2.39. The van der Waals surface area contributed by atoms with Gasteiger partial charge < -0.3 is 10.8 Å². The Morgan fingerprint density at radius 2 is 2.00 bits per heavy atom. The summed E-state index contributed by atoms with van der Waals surface area (Å²) >= 11 is 0. The van der Waals surface area contributed by atoms with E-state index in [1.165, 1.54) is 19.9 Å². The van der Waals surface area contributed by atoms with Gasteiger partial charge in [-0.2, -0.15) is 0 Å². The Balaban J connectivity index is 3.40. The van der Waals surface area contributed by atoms with Gasteiger partial charge in [-0.25, -0.2) is 8.78 Å². The minimum absolute atomic E-state index is 0.264. The number of rotatable bonds is 2. The third-order valence-corrected chi connectivity index (χ3v) is 2.18. The van der Waals surface area contributed by atoms with Gasteiger partial charge in [-0.3, -0.25) is 0 Å². The fraction of sp³-hybridized carbons (Fsp3) is 0.400. The number of hydrogen-bond donors (Lipinski definition) is 2. The minimum atomic E-state index is -1.39. The van der Waals surface area contributed by atoms with Crippen LogP contribution in [0.3, 0.4) is 0 Å². The van der Waals surface area contributed by atoms with Crippen molar-refractivity contribution in [2.45, 2.75) is 19.4 Å². The van der Waals surface area contributed by atoms with Gasteiger partial charge in [0.2, 0.25) is 0 Å². The zero-order chi connectivity index (χ0) is 10.9. The molecule has 0 saturated heterocycles. The molecule has 1 rings (SSSR count). The molecule has 0 aliphatic rings. The van der Waals surface area contributed by atoms with Crippen molar-refractivity contribution < 1.29 is 13.9 Å². The highest BCUT2D eigenvalue weighted by atomic mass is 19.1. The number of benzene rings is 1. The molecule has 1 aromatic carbocycles. The summed E-state index contributed by atoms with van der Waals surface area (Å²) in [6, 6.07) is 2.48. The van der Waals surface area contributed by atoms with Gasteiger partial charge in [0, 0.05) is 5.56 Å². The number of aliphatic hydroxyl groups is 1. The SMILES string of the molecule is Cc1ccc(F)c(C(C)(N)CO)c1F. The van der Waals surface area contributed by atoms with E-state index in [0.717, 1.165) is 6.07 Å². The smallest absolute Gasteiger partial charge is 0.134 e. The van der Waals surface area contributed by atoms with Gasteiger partial charge in [-0.05, 0) is 25.5 Å². The second kappa shape index (κ2) is 3.63. The van der Waals surface area contributed by atoms with Crippen molar-refractivity contribution in [3.8, 4) is 0 Å². The van der Waals surface area contributed by atoms with Crippen LogP contribution in [0.15, 0.2) is 12.1 Å². The first-order chi connectivity index (χ1) is 6.40. The Bertz CT molecular complexity index is 350. The molecule has 4 heteroatoms. The molecule has 0 aliphatic heterocycles. The Labute approximate surface area is 81.4 Å². The van der Waals surface area contributed by atoms with E-state index in [9.17, 15) is 8.78 Å². The maximum absolute atomic E-state index is 13.5. The maximum Gasteiger partial charge on any atom is 0.134 e. The van der Waals surface area contributed by atoms with Crippen molar-refractivity contribution in [2.24, 2.45) is 5.73 Å². The molecule has 0 fully saturated rings. The molecule has 1 unspecified atom stereocenters. The summed E-state index contributed by atoms with van der Waals surface area (Å²) in [4.78, 5) is 0. The summed E-state index contributed by atoms with van der Waals surface area (Å²) in [7, 11) is 0. The molecule has 2 nitrogen and oxygen atoms in total. The second-order valence-corrected chi connectivity index (χ2v) is 3.63. The molecule has 1 aromatic rings. The van der Waals surface area contributed by atoms with E-state index < -0.39 is 23.8 Å². The predicted octanol–water partition coefficient (Wildman–Crippen LogP) is 1.44. The summed E-state index contributed by atoms with van der Waals surface area (Å²) in [5.41, 5.74) is 4.24. The van der Waals surface area contributed by atoms with Crippen molar-refractivity contribution >= 4 is 0 Å². The van der Waals surface area contributed by atoms with Crippen LogP contribution >= 0.6 is 0 Å². The number of nitrogens with two attached hydrogens (primary N) is 1. The van der Waals surface area contributed by atoms with Crippen LogP contribution in [0.2, 0.25) is 0 Å². The topological polar surface area (TPSA) is 46.2 Å². The highest BCUT2D eigenvalue weighted by Gasteiger charge is 2.28. The van der Waals surface area contributed by atoms with Gasteiger partial charge in [-0.1, -0.05) is 6.07 Å². The molecule has 14 heavy (non-hydrogen) atoms. The molecule has 0 saturated carbocycles. The Hall–Kier alpha value is -1.00. The lowest BCUT2D eigenvalue weighted by molar-refractivity contribution is 0.202. The van der Waals surface area contributed by atoms with Crippen LogP contribution in [0.5, 0.6) is 0 Å². The van der Waals surface area contributed by atoms with Crippen LogP contribution in [-0.4, -0.2) is 11.7 Å². The molecule has 1 atom stereocenters. The van der Waals surface area contributed by atoms with Gasteiger partial charge in [0.1, 0.15) is 11.6 Å². The molecule has 0 aliphatic carbocycles. The van der Waals surface area contributed by atoms with E-state index in [1.807, 2.05) is 0 Å². The average molecular weight is 201 g/mol. The normalized spacial score (nSPS) is 15.3. The average Bonchev–Trinajstić information content (AvgIpc) is 2.12. The molecular formula is C10H13F2NO. The van der Waals surface area contributed by atoms with Crippen LogP contribution < -0.4 is 5.73 Å². The zero-order valence-electron chi connectivity index (χ0n) is 8.14. The molecule has 0 amide bonds. The molecule has 78 valence electrons. The van der Waals surface area contributed by atoms with Gasteiger partial charge >= 0.3 is 0 Å². The number of hydrogen-bond acceptors (Lipinski definition) is 2. The summed E-state index contributed by atoms with van der Waals surface area (Å²) in [5, 5.41) is 8.93. The minimum Gasteiger partial charge on any atom is -0.394 e. The van der Waals surface area contributed by atoms with E-state index >= 15 is 0 Å². The van der Waals surface area contributed by atoms with Gasteiger partial charge in [0.25, 0.3) is 0 Å². The molecule has 0 aromatic heterocycles. The fourth-order valence-electron chi connectivity index (χ4n) is 1.26. The largest absolute Gasteiger partial charge is 0.394 e. The summed E-state index contributed by atoms with van der Waals surface area (Å²) in [6.07, 6.45) is 0. The first kappa shape index (κ1) is 11.1. The summed E-state index contributed by atoms with van der Waals surface area (Å²) < 4.78 is 26.8. The summed E-state index contributed by atoms with van der Waals surface area (Å²) in [5.74, 6) is -1.42. The van der Waals surface area contributed by atoms with E-state index in [4.69, 9.17) is 10.8 Å². The Morgan fingerprint density at radius 3 is 2.50 bits per heavy atom. The van der Waals surface area contributed by atoms with Gasteiger partial charge in [-0.15, -0.1) is 0 Å². The van der Waals surface area contributed by atoms with Crippen molar-refractivity contribution in [1.82, 2.24) is 0 Å². The lowest BCUT2D eigenvalue weighted by atomic mass is 9.91. The van der Waals surface area contributed by atoms with Crippen molar-refractivity contribution in [3.63, 3.8) is 0 Å². The highest BCUT2D eigenvalue weighted by Crippen LogP contribution is 2.25. The molecule has 0 bridgehead atoms. The standard InChI is InChI=1S/C10H13F2NO/c1-6-3-4-7(11)8(9(6)12)10(2,13)5-14/h3-4,14H,5,13H2,1-2H3. The predicted molar refractivity (Wildman–Crippen MR) is 49.7 cm³/mol. The molecular weight excluding hydrogens is 188 g/mol. The molecule has 0 spiro atoms. The monoisotopic (exact) mass is 201 g/mol. The molecule has 0 radical (unpaired) electrons. The molecule has 3 N–H and O–H groups in total. The van der Waals surface area contributed by atoms with Crippen LogP contribution in [0.25, 0.3) is 0 Å². The van der Waals surface area contributed by atoms with E-state index in [2.05, 4.69) is 0 Å². The van der Waals surface area contributed by atoms with E-state index in [0.29, 0.717) is 5.56 Å². The first-order valence-electron chi connectivity index (χ1n) is 4.25. The van der Waals surface area contributed by atoms with E-state index in [-0.39, 0.29) is 5.56 Å². The van der Waals surface area contributed by atoms with Gasteiger partial charge in [0.05, 0.1) is 12.1 Å². The highest BCUT2D eigenvalue weighted by molar-refractivity contribution is 5.32. The maximum atomic E-state index is 13.5. The molecule has 0 heterocycles. The number of aliphatic hydroxyl groups excluding tert-OH is 1. The lowest BCUT2D eigenvalue weighted by Gasteiger charge is -2.24. The Morgan fingerprint density at radius 1 is 1.43 bits per heavy atom. The van der Waals surface area contributed by atoms with Crippen molar-refractivity contribution in [1.29, 1.82) is 0 Å². The number of halogens is 2. The van der Waals surface area contributed by atoms with Gasteiger partial charge in [0.15, 0.2) is 0 Å². The zero-order valence-corrected chi connectivity index (χ0v) is 8.14. The van der Waals surface area contributed by atoms with E-state index in [1.54, 1.807) is 0 Å². The Kier molecular flexibility index (Phi) is 2.87. The third kappa shape index (κ3) is 1.76. The van der Waals surface area contributed by atoms with Crippen molar-refractivity contribution in [3.05, 3.63) is 34.9 Å². The number of aryl methyl sites for hydroxylation is 1. The lowest BCUT2D eigenvalue weighted by Crippen LogP contribution is -2.39. The third-order valence-electron chi connectivity index (χ3n) is 2.18. The first-order valence-corrected chi connectivity index (χ1v) is 4.25. The van der Waals surface area contributed by atoms with Crippen molar-refractivity contribution in [2.75, 3.05) is 6.61 Å².